The van der Waals surface area contributed by atoms with E-state index >= 15 is 0 Å². The van der Waals surface area contributed by atoms with Crippen molar-refractivity contribution in [1.82, 2.24) is 0 Å². The van der Waals surface area contributed by atoms with Crippen LogP contribution >= 0.6 is 11.6 Å². The van der Waals surface area contributed by atoms with Crippen molar-refractivity contribution >= 4 is 11.6 Å². The SMILES string of the molecule is CC(CN)CCc1cccc(Cl)c1F. The molecule has 78 valence electrons. The summed E-state index contributed by atoms with van der Waals surface area (Å²) in [7, 11) is 0. The van der Waals surface area contributed by atoms with Crippen LogP contribution in [-0.2, 0) is 6.42 Å². The molecule has 0 bridgehead atoms. The molecule has 1 aromatic rings. The number of nitrogens with two attached hydrogens (primary N) is 1. The highest BCUT2D eigenvalue weighted by Crippen LogP contribution is 2.19. The molecule has 0 saturated heterocycles. The fraction of sp³-hybridized carbons (Fsp3) is 0.455. The van der Waals surface area contributed by atoms with E-state index in [1.54, 1.807) is 18.2 Å². The third kappa shape index (κ3) is 2.96. The highest BCUT2D eigenvalue weighted by molar-refractivity contribution is 6.30. The van der Waals surface area contributed by atoms with Gasteiger partial charge in [0, 0.05) is 0 Å². The van der Waals surface area contributed by atoms with Gasteiger partial charge < -0.3 is 5.73 Å². The smallest absolute Gasteiger partial charge is 0.144 e. The maximum absolute atomic E-state index is 13.4. The van der Waals surface area contributed by atoms with Crippen LogP contribution in [0, 0.1) is 11.7 Å². The van der Waals surface area contributed by atoms with Crippen molar-refractivity contribution in [2.75, 3.05) is 6.54 Å². The Morgan fingerprint density at radius 2 is 2.21 bits per heavy atom. The molecule has 2 N–H and O–H groups in total. The van der Waals surface area contributed by atoms with Crippen molar-refractivity contribution in [3.63, 3.8) is 0 Å². The molecular weight excluding hydrogens is 201 g/mol. The van der Waals surface area contributed by atoms with Crippen LogP contribution in [0.1, 0.15) is 18.9 Å². The molecule has 1 aromatic carbocycles. The zero-order chi connectivity index (χ0) is 10.6. The molecule has 1 rings (SSSR count). The lowest BCUT2D eigenvalue weighted by atomic mass is 10.0. The molecule has 0 aliphatic carbocycles. The summed E-state index contributed by atoms with van der Waals surface area (Å²) in [5.74, 6) is 0.131. The molecule has 1 nitrogen and oxygen atoms in total. The van der Waals surface area contributed by atoms with Crippen molar-refractivity contribution in [3.8, 4) is 0 Å². The minimum Gasteiger partial charge on any atom is -0.330 e. The lowest BCUT2D eigenvalue weighted by Crippen LogP contribution is -2.11. The first-order valence-corrected chi connectivity index (χ1v) is 5.16. The van der Waals surface area contributed by atoms with Gasteiger partial charge in [0.2, 0.25) is 0 Å². The normalized spacial score (nSPS) is 12.9. The van der Waals surface area contributed by atoms with Crippen LogP contribution in [0.2, 0.25) is 5.02 Å². The van der Waals surface area contributed by atoms with Gasteiger partial charge in [-0.25, -0.2) is 4.39 Å². The summed E-state index contributed by atoms with van der Waals surface area (Å²) in [5, 5.41) is 0.197. The Morgan fingerprint density at radius 3 is 2.86 bits per heavy atom. The van der Waals surface area contributed by atoms with Crippen LogP contribution in [0.3, 0.4) is 0 Å². The first-order valence-electron chi connectivity index (χ1n) is 4.78. The summed E-state index contributed by atoms with van der Waals surface area (Å²) in [6.07, 6.45) is 1.60. The van der Waals surface area contributed by atoms with E-state index in [0.717, 1.165) is 6.42 Å². The van der Waals surface area contributed by atoms with Gasteiger partial charge in [-0.1, -0.05) is 30.7 Å². The molecule has 0 radical (unpaired) electrons. The van der Waals surface area contributed by atoms with Gasteiger partial charge in [0.15, 0.2) is 0 Å². The molecule has 0 saturated carbocycles. The maximum Gasteiger partial charge on any atom is 0.144 e. The minimum atomic E-state index is -0.293. The molecular formula is C11H15ClFN. The second kappa shape index (κ2) is 5.32. The Morgan fingerprint density at radius 1 is 1.50 bits per heavy atom. The first kappa shape index (κ1) is 11.5. The van der Waals surface area contributed by atoms with Gasteiger partial charge >= 0.3 is 0 Å². The molecule has 14 heavy (non-hydrogen) atoms. The zero-order valence-electron chi connectivity index (χ0n) is 8.26. The predicted octanol–water partition coefficient (Wildman–Crippen LogP) is 3.01. The van der Waals surface area contributed by atoms with Crippen molar-refractivity contribution in [2.45, 2.75) is 19.8 Å². The molecule has 1 unspecified atom stereocenters. The molecule has 1 atom stereocenters. The van der Waals surface area contributed by atoms with Crippen molar-refractivity contribution < 1.29 is 4.39 Å². The average molecular weight is 216 g/mol. The van der Waals surface area contributed by atoms with E-state index in [4.69, 9.17) is 17.3 Å². The van der Waals surface area contributed by atoms with Gasteiger partial charge in [0.1, 0.15) is 5.82 Å². The summed E-state index contributed by atoms with van der Waals surface area (Å²) in [6.45, 7) is 2.70. The second-order valence-electron chi connectivity index (χ2n) is 3.59. The maximum atomic E-state index is 13.4. The van der Waals surface area contributed by atoms with Gasteiger partial charge in [0.25, 0.3) is 0 Å². The van der Waals surface area contributed by atoms with Gasteiger partial charge in [-0.15, -0.1) is 0 Å². The standard InChI is InChI=1S/C11H15ClFN/c1-8(7-14)5-6-9-3-2-4-10(12)11(9)13/h2-4,8H,5-7,14H2,1H3. The summed E-state index contributed by atoms with van der Waals surface area (Å²) in [4.78, 5) is 0. The van der Waals surface area contributed by atoms with E-state index in [0.29, 0.717) is 24.4 Å². The number of halogens is 2. The van der Waals surface area contributed by atoms with E-state index in [9.17, 15) is 4.39 Å². The van der Waals surface area contributed by atoms with Crippen molar-refractivity contribution in [3.05, 3.63) is 34.6 Å². The monoisotopic (exact) mass is 215 g/mol. The fourth-order valence-corrected chi connectivity index (χ4v) is 1.46. The molecule has 0 amide bonds. The highest BCUT2D eigenvalue weighted by atomic mass is 35.5. The van der Waals surface area contributed by atoms with Gasteiger partial charge in [-0.3, -0.25) is 0 Å². The lowest BCUT2D eigenvalue weighted by molar-refractivity contribution is 0.529. The van der Waals surface area contributed by atoms with Crippen molar-refractivity contribution in [2.24, 2.45) is 11.7 Å². The van der Waals surface area contributed by atoms with Gasteiger partial charge in [-0.05, 0) is 36.9 Å². The van der Waals surface area contributed by atoms with Crippen LogP contribution in [0.15, 0.2) is 18.2 Å². The third-order valence-electron chi connectivity index (χ3n) is 2.34. The second-order valence-corrected chi connectivity index (χ2v) is 4.00. The first-order chi connectivity index (χ1) is 6.65. The molecule has 0 aliphatic heterocycles. The Kier molecular flexibility index (Phi) is 4.36. The quantitative estimate of drug-likeness (QED) is 0.821. The Bertz CT molecular complexity index is 301. The zero-order valence-corrected chi connectivity index (χ0v) is 9.02. The minimum absolute atomic E-state index is 0.197. The largest absolute Gasteiger partial charge is 0.330 e. The van der Waals surface area contributed by atoms with E-state index in [2.05, 4.69) is 6.92 Å². The van der Waals surface area contributed by atoms with Crippen LogP contribution in [0.4, 0.5) is 4.39 Å². The van der Waals surface area contributed by atoms with Crippen LogP contribution in [-0.4, -0.2) is 6.54 Å². The number of hydrogen-bond acceptors (Lipinski definition) is 1. The van der Waals surface area contributed by atoms with E-state index < -0.39 is 0 Å². The molecule has 0 aliphatic rings. The summed E-state index contributed by atoms with van der Waals surface area (Å²) in [5.41, 5.74) is 6.16. The fourth-order valence-electron chi connectivity index (χ4n) is 1.26. The third-order valence-corrected chi connectivity index (χ3v) is 2.63. The van der Waals surface area contributed by atoms with Gasteiger partial charge in [-0.2, -0.15) is 0 Å². The summed E-state index contributed by atoms with van der Waals surface area (Å²) < 4.78 is 13.4. The number of aryl methyl sites for hydroxylation is 1. The van der Waals surface area contributed by atoms with E-state index in [1.807, 2.05) is 0 Å². The molecule has 3 heteroatoms. The number of benzene rings is 1. The Labute approximate surface area is 89.1 Å². The lowest BCUT2D eigenvalue weighted by Gasteiger charge is -2.08. The van der Waals surface area contributed by atoms with Crippen LogP contribution in [0.25, 0.3) is 0 Å². The van der Waals surface area contributed by atoms with Crippen LogP contribution < -0.4 is 5.73 Å². The van der Waals surface area contributed by atoms with Crippen LogP contribution in [0.5, 0.6) is 0 Å². The molecule has 0 aromatic heterocycles. The molecule has 0 spiro atoms. The molecule has 0 heterocycles. The number of hydrogen-bond donors (Lipinski definition) is 1. The summed E-state index contributed by atoms with van der Waals surface area (Å²) in [6, 6.07) is 5.10. The number of rotatable bonds is 4. The van der Waals surface area contributed by atoms with E-state index in [1.165, 1.54) is 0 Å². The Balaban J connectivity index is 2.63. The Hall–Kier alpha value is -0.600. The molecule has 0 fully saturated rings. The average Bonchev–Trinajstić information content (AvgIpc) is 2.20. The van der Waals surface area contributed by atoms with Crippen molar-refractivity contribution in [1.29, 1.82) is 0 Å². The van der Waals surface area contributed by atoms with E-state index in [-0.39, 0.29) is 10.8 Å². The summed E-state index contributed by atoms with van der Waals surface area (Å²) >= 11 is 5.66. The van der Waals surface area contributed by atoms with Gasteiger partial charge in [0.05, 0.1) is 5.02 Å². The predicted molar refractivity (Wildman–Crippen MR) is 57.9 cm³/mol. The topological polar surface area (TPSA) is 26.0 Å². The highest BCUT2D eigenvalue weighted by Gasteiger charge is 2.07.